The molecule has 1 saturated heterocycles. The molecule has 0 bridgehead atoms. The summed E-state index contributed by atoms with van der Waals surface area (Å²) in [6, 6.07) is 4.73. The summed E-state index contributed by atoms with van der Waals surface area (Å²) in [5.74, 6) is -2.14. The highest BCUT2D eigenvalue weighted by atomic mass is 35.5. The maximum atomic E-state index is 11.5. The first-order chi connectivity index (χ1) is 9.90. The fourth-order valence-corrected chi connectivity index (χ4v) is 2.54. The average molecular weight is 334 g/mol. The van der Waals surface area contributed by atoms with Crippen molar-refractivity contribution in [2.45, 2.75) is 6.10 Å². The number of hydrogen-bond donors (Lipinski definition) is 2. The van der Waals surface area contributed by atoms with Crippen molar-refractivity contribution in [1.82, 2.24) is 4.90 Å². The summed E-state index contributed by atoms with van der Waals surface area (Å²) >= 11 is 11.8. The molecule has 8 heteroatoms. The SMILES string of the molecule is O=C(O)[C@@H]1CN(C(=O)O)CCO[C@H]1c1ccc(Cl)c(Cl)c1. The Morgan fingerprint density at radius 1 is 1.24 bits per heavy atom. The van der Waals surface area contributed by atoms with Gasteiger partial charge in [0.1, 0.15) is 5.92 Å². The van der Waals surface area contributed by atoms with Crippen LogP contribution >= 0.6 is 23.2 Å². The van der Waals surface area contributed by atoms with Gasteiger partial charge in [0.15, 0.2) is 0 Å². The van der Waals surface area contributed by atoms with Gasteiger partial charge in [-0.05, 0) is 17.7 Å². The van der Waals surface area contributed by atoms with E-state index in [0.717, 1.165) is 4.90 Å². The molecule has 1 amide bonds. The summed E-state index contributed by atoms with van der Waals surface area (Å²) in [5.41, 5.74) is 0.559. The van der Waals surface area contributed by atoms with E-state index >= 15 is 0 Å². The molecule has 2 rings (SSSR count). The summed E-state index contributed by atoms with van der Waals surface area (Å²) in [6.45, 7) is 0.0908. The number of carboxylic acids is 1. The lowest BCUT2D eigenvalue weighted by Crippen LogP contribution is -2.37. The Morgan fingerprint density at radius 3 is 2.52 bits per heavy atom. The largest absolute Gasteiger partial charge is 0.481 e. The van der Waals surface area contributed by atoms with Crippen LogP contribution in [0.25, 0.3) is 0 Å². The summed E-state index contributed by atoms with van der Waals surface area (Å²) in [7, 11) is 0. The van der Waals surface area contributed by atoms with E-state index in [1.807, 2.05) is 0 Å². The van der Waals surface area contributed by atoms with Crippen molar-refractivity contribution < 1.29 is 24.5 Å². The highest BCUT2D eigenvalue weighted by molar-refractivity contribution is 6.42. The molecule has 1 aliphatic heterocycles. The minimum Gasteiger partial charge on any atom is -0.481 e. The Kier molecular flexibility index (Phi) is 4.92. The molecule has 0 spiro atoms. The lowest BCUT2D eigenvalue weighted by molar-refractivity contribution is -0.147. The lowest BCUT2D eigenvalue weighted by atomic mass is 9.95. The Balaban J connectivity index is 2.33. The number of benzene rings is 1. The first-order valence-corrected chi connectivity index (χ1v) is 6.93. The van der Waals surface area contributed by atoms with Crippen molar-refractivity contribution in [3.63, 3.8) is 0 Å². The number of carbonyl (C=O) groups is 2. The molecule has 21 heavy (non-hydrogen) atoms. The molecule has 2 N–H and O–H groups in total. The minimum atomic E-state index is -1.17. The van der Waals surface area contributed by atoms with Crippen LogP contribution in [0.3, 0.4) is 0 Å². The van der Waals surface area contributed by atoms with Crippen molar-refractivity contribution in [2.24, 2.45) is 5.92 Å². The predicted octanol–water partition coefficient (Wildman–Crippen LogP) is 2.75. The van der Waals surface area contributed by atoms with Crippen LogP contribution in [0.2, 0.25) is 10.0 Å². The van der Waals surface area contributed by atoms with E-state index in [1.54, 1.807) is 18.2 Å². The summed E-state index contributed by atoms with van der Waals surface area (Å²) < 4.78 is 5.55. The number of aliphatic carboxylic acids is 1. The van der Waals surface area contributed by atoms with Gasteiger partial charge in [-0.3, -0.25) is 4.79 Å². The topological polar surface area (TPSA) is 87.1 Å². The normalized spacial score (nSPS) is 22.7. The Labute approximate surface area is 130 Å². The molecule has 0 radical (unpaired) electrons. The number of rotatable bonds is 2. The Morgan fingerprint density at radius 2 is 1.95 bits per heavy atom. The molecule has 1 fully saturated rings. The van der Waals surface area contributed by atoms with Crippen molar-refractivity contribution in [1.29, 1.82) is 0 Å². The van der Waals surface area contributed by atoms with Gasteiger partial charge in [0.2, 0.25) is 0 Å². The molecule has 0 aromatic heterocycles. The molecule has 2 atom stereocenters. The molecule has 0 aliphatic carbocycles. The van der Waals surface area contributed by atoms with Crippen LogP contribution in [-0.2, 0) is 9.53 Å². The maximum Gasteiger partial charge on any atom is 0.407 e. The third-order valence-electron chi connectivity index (χ3n) is 3.30. The van der Waals surface area contributed by atoms with Gasteiger partial charge in [0, 0.05) is 13.1 Å². The van der Waals surface area contributed by atoms with E-state index < -0.39 is 24.1 Å². The smallest absolute Gasteiger partial charge is 0.407 e. The predicted molar refractivity (Wildman–Crippen MR) is 75.9 cm³/mol. The van der Waals surface area contributed by atoms with Crippen LogP contribution in [0.15, 0.2) is 18.2 Å². The van der Waals surface area contributed by atoms with Crippen molar-refractivity contribution in [2.75, 3.05) is 19.7 Å². The molecule has 1 aromatic carbocycles. The molecule has 0 unspecified atom stereocenters. The van der Waals surface area contributed by atoms with Gasteiger partial charge >= 0.3 is 12.1 Å². The number of nitrogens with zero attached hydrogens (tertiary/aromatic N) is 1. The van der Waals surface area contributed by atoms with Gasteiger partial charge in [-0.25, -0.2) is 4.79 Å². The molecule has 1 aromatic rings. The van der Waals surface area contributed by atoms with Crippen LogP contribution in [0.1, 0.15) is 11.7 Å². The third-order valence-corrected chi connectivity index (χ3v) is 4.04. The van der Waals surface area contributed by atoms with Crippen LogP contribution < -0.4 is 0 Å². The van der Waals surface area contributed by atoms with Gasteiger partial charge in [0.05, 0.1) is 22.8 Å². The first-order valence-electron chi connectivity index (χ1n) is 6.17. The fourth-order valence-electron chi connectivity index (χ4n) is 2.23. The van der Waals surface area contributed by atoms with Gasteiger partial charge in [-0.1, -0.05) is 29.3 Å². The maximum absolute atomic E-state index is 11.5. The lowest BCUT2D eigenvalue weighted by Gasteiger charge is -2.23. The number of carboxylic acid groups (broad SMARTS) is 2. The van der Waals surface area contributed by atoms with E-state index in [9.17, 15) is 14.7 Å². The molecule has 6 nitrogen and oxygen atoms in total. The van der Waals surface area contributed by atoms with Crippen LogP contribution in [0.5, 0.6) is 0 Å². The molecule has 1 heterocycles. The van der Waals surface area contributed by atoms with Crippen LogP contribution in [0.4, 0.5) is 4.79 Å². The van der Waals surface area contributed by atoms with Crippen LogP contribution in [0, 0.1) is 5.92 Å². The van der Waals surface area contributed by atoms with Gasteiger partial charge < -0.3 is 19.8 Å². The number of hydrogen-bond acceptors (Lipinski definition) is 3. The highest BCUT2D eigenvalue weighted by Crippen LogP contribution is 2.33. The quantitative estimate of drug-likeness (QED) is 0.868. The molecule has 114 valence electrons. The third kappa shape index (κ3) is 3.58. The summed E-state index contributed by atoms with van der Waals surface area (Å²) in [5, 5.41) is 19.0. The van der Waals surface area contributed by atoms with E-state index in [-0.39, 0.29) is 19.7 Å². The van der Waals surface area contributed by atoms with E-state index in [0.29, 0.717) is 15.6 Å². The molecular weight excluding hydrogens is 321 g/mol. The second-order valence-electron chi connectivity index (χ2n) is 4.64. The monoisotopic (exact) mass is 333 g/mol. The van der Waals surface area contributed by atoms with Crippen LogP contribution in [-0.4, -0.2) is 46.9 Å². The number of halogens is 2. The second kappa shape index (κ2) is 6.51. The van der Waals surface area contributed by atoms with E-state index in [1.165, 1.54) is 0 Å². The van der Waals surface area contributed by atoms with Gasteiger partial charge in [0.25, 0.3) is 0 Å². The van der Waals surface area contributed by atoms with Crippen molar-refractivity contribution >= 4 is 35.3 Å². The fraction of sp³-hybridized carbons (Fsp3) is 0.385. The van der Waals surface area contributed by atoms with Crippen molar-refractivity contribution in [3.8, 4) is 0 Å². The minimum absolute atomic E-state index is 0.112. The average Bonchev–Trinajstić information content (AvgIpc) is 2.64. The number of ether oxygens (including phenoxy) is 1. The van der Waals surface area contributed by atoms with E-state index in [4.69, 9.17) is 33.0 Å². The molecule has 1 aliphatic rings. The van der Waals surface area contributed by atoms with E-state index in [2.05, 4.69) is 0 Å². The standard InChI is InChI=1S/C13H13Cl2NO5/c14-9-2-1-7(5-10(9)15)11-8(12(17)18)6-16(13(19)20)3-4-21-11/h1-2,5,8,11H,3-4,6H2,(H,17,18)(H,19,20)/t8-,11+/m1/s1. The second-order valence-corrected chi connectivity index (χ2v) is 5.45. The zero-order valence-corrected chi connectivity index (χ0v) is 12.3. The van der Waals surface area contributed by atoms with Crippen molar-refractivity contribution in [3.05, 3.63) is 33.8 Å². The first kappa shape index (κ1) is 15.9. The zero-order chi connectivity index (χ0) is 15.6. The Bertz CT molecular complexity index is 565. The highest BCUT2D eigenvalue weighted by Gasteiger charge is 2.36. The Hall–Kier alpha value is -1.50. The molecular formula is C13H13Cl2NO5. The van der Waals surface area contributed by atoms with Gasteiger partial charge in [-0.15, -0.1) is 0 Å². The summed E-state index contributed by atoms with van der Waals surface area (Å²) in [4.78, 5) is 23.5. The van der Waals surface area contributed by atoms with Gasteiger partial charge in [-0.2, -0.15) is 0 Å². The number of amides is 1. The molecule has 0 saturated carbocycles. The summed E-state index contributed by atoms with van der Waals surface area (Å²) in [6.07, 6.45) is -1.94. The zero-order valence-electron chi connectivity index (χ0n) is 10.8.